The number of para-hydroxylation sites is 1. The lowest BCUT2D eigenvalue weighted by atomic mass is 9.98. The minimum atomic E-state index is 0.152. The highest BCUT2D eigenvalue weighted by Crippen LogP contribution is 2.38. The van der Waals surface area contributed by atoms with Crippen molar-refractivity contribution in [3.8, 4) is 0 Å². The highest BCUT2D eigenvalue weighted by atomic mass is 16.5. The Balaban J connectivity index is 1.23. The average molecular weight is 395 g/mol. The number of Topliss-reactive ketones (excluding diaryl/α,β-unsaturated/α-hetero) is 1. The predicted octanol–water partition coefficient (Wildman–Crippen LogP) is 4.90. The molecule has 156 valence electrons. The first-order valence-corrected chi connectivity index (χ1v) is 11.5. The van der Waals surface area contributed by atoms with Crippen LogP contribution in [0.25, 0.3) is 10.9 Å². The number of hydrogen-bond acceptors (Lipinski definition) is 3. The first-order chi connectivity index (χ1) is 14.1. The van der Waals surface area contributed by atoms with Crippen LogP contribution >= 0.6 is 0 Å². The number of hydrogen-bond donors (Lipinski definition) is 0. The maximum atomic E-state index is 12.1. The van der Waals surface area contributed by atoms with E-state index in [1.165, 1.54) is 44.0 Å². The predicted molar refractivity (Wildman–Crippen MR) is 116 cm³/mol. The Bertz CT molecular complexity index is 870. The number of ether oxygens (including phenoxy) is 1. The van der Waals surface area contributed by atoms with E-state index in [4.69, 9.17) is 4.74 Å². The van der Waals surface area contributed by atoms with Gasteiger partial charge in [0.1, 0.15) is 0 Å². The Labute approximate surface area is 174 Å². The second-order valence-electron chi connectivity index (χ2n) is 9.83. The summed E-state index contributed by atoms with van der Waals surface area (Å²) in [4.78, 5) is 14.8. The molecule has 1 aliphatic carbocycles. The van der Waals surface area contributed by atoms with Gasteiger partial charge in [0.2, 0.25) is 0 Å². The summed E-state index contributed by atoms with van der Waals surface area (Å²) >= 11 is 0. The Morgan fingerprint density at radius 1 is 1.10 bits per heavy atom. The van der Waals surface area contributed by atoms with Crippen LogP contribution in [0.3, 0.4) is 0 Å². The van der Waals surface area contributed by atoms with Crippen LogP contribution in [0, 0.1) is 11.8 Å². The Morgan fingerprint density at radius 2 is 1.83 bits per heavy atom. The fourth-order valence-corrected chi connectivity index (χ4v) is 5.65. The fourth-order valence-electron chi connectivity index (χ4n) is 5.65. The van der Waals surface area contributed by atoms with Gasteiger partial charge in [-0.2, -0.15) is 0 Å². The van der Waals surface area contributed by atoms with E-state index < -0.39 is 0 Å². The van der Waals surface area contributed by atoms with E-state index in [1.54, 1.807) is 6.92 Å². The molecule has 1 aromatic heterocycles. The molecule has 3 fully saturated rings. The number of fused-ring (bicyclic) bond motifs is 3. The second-order valence-corrected chi connectivity index (χ2v) is 9.83. The van der Waals surface area contributed by atoms with Gasteiger partial charge in [0, 0.05) is 54.4 Å². The molecule has 1 saturated carbocycles. The van der Waals surface area contributed by atoms with Crippen molar-refractivity contribution in [2.75, 3.05) is 13.2 Å². The molecule has 4 heteroatoms. The molecule has 0 spiro atoms. The second kappa shape index (κ2) is 7.88. The monoisotopic (exact) mass is 394 g/mol. The third-order valence-electron chi connectivity index (χ3n) is 7.30. The molecule has 3 unspecified atom stereocenters. The van der Waals surface area contributed by atoms with Gasteiger partial charge in [-0.15, -0.1) is 0 Å². The molecule has 3 aliphatic rings. The van der Waals surface area contributed by atoms with E-state index >= 15 is 0 Å². The number of piperidine rings is 1. The molecule has 29 heavy (non-hydrogen) atoms. The van der Waals surface area contributed by atoms with E-state index in [0.717, 1.165) is 36.6 Å². The third kappa shape index (κ3) is 4.02. The number of ketones is 1. The first-order valence-electron chi connectivity index (χ1n) is 11.5. The lowest BCUT2D eigenvalue weighted by molar-refractivity contribution is -0.0275. The largest absolute Gasteiger partial charge is 0.378 e. The maximum Gasteiger partial charge on any atom is 0.161 e. The van der Waals surface area contributed by atoms with Gasteiger partial charge in [-0.1, -0.05) is 25.1 Å². The fraction of sp³-hybridized carbons (Fsp3) is 0.640. The summed E-state index contributed by atoms with van der Waals surface area (Å²) < 4.78 is 8.54. The summed E-state index contributed by atoms with van der Waals surface area (Å²) in [5.74, 6) is 1.57. The summed E-state index contributed by atoms with van der Waals surface area (Å²) in [7, 11) is 0. The van der Waals surface area contributed by atoms with Crippen molar-refractivity contribution in [2.24, 2.45) is 11.8 Å². The number of rotatable bonds is 8. The topological polar surface area (TPSA) is 34.5 Å². The van der Waals surface area contributed by atoms with Crippen LogP contribution in [-0.2, 0) is 11.3 Å². The van der Waals surface area contributed by atoms with Crippen molar-refractivity contribution >= 4 is 16.7 Å². The van der Waals surface area contributed by atoms with Crippen LogP contribution in [0.2, 0.25) is 0 Å². The van der Waals surface area contributed by atoms with Crippen LogP contribution < -0.4 is 0 Å². The van der Waals surface area contributed by atoms with Crippen LogP contribution in [0.15, 0.2) is 30.5 Å². The summed E-state index contributed by atoms with van der Waals surface area (Å²) in [5.41, 5.74) is 2.03. The number of nitrogens with zero attached hydrogens (tertiary/aromatic N) is 2. The molecule has 2 aromatic rings. The standard InChI is InChI=1S/C25H34N2O2/c1-17(13-26-15-24(18(2)28)23-5-3-4-6-25(23)26)14-27-20-9-10-21(27)12-22(11-20)29-16-19-7-8-19/h3-6,15,17,19-22H,7-14,16H2,1-2H3/t17?,20-,21?,22?/m1/s1. The molecule has 4 nitrogen and oxygen atoms in total. The quantitative estimate of drug-likeness (QED) is 0.597. The van der Waals surface area contributed by atoms with Gasteiger partial charge in [-0.3, -0.25) is 9.69 Å². The maximum absolute atomic E-state index is 12.1. The number of benzene rings is 1. The van der Waals surface area contributed by atoms with Crippen molar-refractivity contribution in [3.63, 3.8) is 0 Å². The highest BCUT2D eigenvalue weighted by molar-refractivity contribution is 6.06. The van der Waals surface area contributed by atoms with Gasteiger partial charge >= 0.3 is 0 Å². The number of aromatic nitrogens is 1. The molecule has 0 radical (unpaired) electrons. The lowest BCUT2D eigenvalue weighted by Crippen LogP contribution is -2.47. The Kier molecular flexibility index (Phi) is 5.25. The van der Waals surface area contributed by atoms with Crippen molar-refractivity contribution in [1.82, 2.24) is 9.47 Å². The summed E-state index contributed by atoms with van der Waals surface area (Å²) in [6.07, 6.45) is 10.4. The average Bonchev–Trinajstić information content (AvgIpc) is 3.42. The van der Waals surface area contributed by atoms with Crippen molar-refractivity contribution in [2.45, 2.75) is 77.1 Å². The third-order valence-corrected chi connectivity index (χ3v) is 7.30. The first kappa shape index (κ1) is 19.3. The normalized spacial score (nSPS) is 28.1. The smallest absolute Gasteiger partial charge is 0.161 e. The van der Waals surface area contributed by atoms with Gasteiger partial charge in [-0.25, -0.2) is 0 Å². The van der Waals surface area contributed by atoms with E-state index in [1.807, 2.05) is 6.07 Å². The summed E-state index contributed by atoms with van der Waals surface area (Å²) in [6, 6.07) is 9.71. The minimum absolute atomic E-state index is 0.152. The van der Waals surface area contributed by atoms with Gasteiger partial charge in [0.15, 0.2) is 5.78 Å². The van der Waals surface area contributed by atoms with Gasteiger partial charge < -0.3 is 9.30 Å². The van der Waals surface area contributed by atoms with Crippen molar-refractivity contribution in [1.29, 1.82) is 0 Å². The molecule has 3 heterocycles. The highest BCUT2D eigenvalue weighted by Gasteiger charge is 2.41. The van der Waals surface area contributed by atoms with E-state index in [9.17, 15) is 4.79 Å². The van der Waals surface area contributed by atoms with Gasteiger partial charge in [0.25, 0.3) is 0 Å². The Hall–Kier alpha value is -1.65. The van der Waals surface area contributed by atoms with Crippen LogP contribution in [-0.4, -0.2) is 46.6 Å². The molecule has 2 saturated heterocycles. The SMILES string of the molecule is CC(=O)c1cn(CC(C)CN2C3CC[C@@H]2CC(OCC2CC2)C3)c2ccccc12. The molecule has 2 bridgehead atoms. The van der Waals surface area contributed by atoms with Crippen LogP contribution in [0.1, 0.15) is 62.7 Å². The zero-order valence-corrected chi connectivity index (χ0v) is 17.8. The molecule has 1 aromatic carbocycles. The molecule has 5 rings (SSSR count). The van der Waals surface area contributed by atoms with E-state index in [2.05, 4.69) is 40.8 Å². The van der Waals surface area contributed by atoms with Gasteiger partial charge in [0.05, 0.1) is 6.10 Å². The molecule has 4 atom stereocenters. The van der Waals surface area contributed by atoms with Crippen molar-refractivity contribution in [3.05, 3.63) is 36.0 Å². The molecular formula is C25H34N2O2. The van der Waals surface area contributed by atoms with Crippen molar-refractivity contribution < 1.29 is 9.53 Å². The van der Waals surface area contributed by atoms with E-state index in [0.29, 0.717) is 24.1 Å². The molecule has 0 amide bonds. The van der Waals surface area contributed by atoms with Crippen LogP contribution in [0.5, 0.6) is 0 Å². The van der Waals surface area contributed by atoms with Gasteiger partial charge in [-0.05, 0) is 63.4 Å². The molecule has 0 N–H and O–H groups in total. The molecular weight excluding hydrogens is 360 g/mol. The van der Waals surface area contributed by atoms with Crippen LogP contribution in [0.4, 0.5) is 0 Å². The van der Waals surface area contributed by atoms with E-state index in [-0.39, 0.29) is 5.78 Å². The summed E-state index contributed by atoms with van der Waals surface area (Å²) in [6.45, 7) is 7.14. The number of carbonyl (C=O) groups is 1. The zero-order valence-electron chi connectivity index (χ0n) is 17.8. The molecule has 2 aliphatic heterocycles. The summed E-state index contributed by atoms with van der Waals surface area (Å²) in [5, 5.41) is 1.08. The lowest BCUT2D eigenvalue weighted by Gasteiger charge is -2.40. The Morgan fingerprint density at radius 3 is 2.52 bits per heavy atom. The minimum Gasteiger partial charge on any atom is -0.378 e. The number of carbonyl (C=O) groups excluding carboxylic acids is 1. The zero-order chi connectivity index (χ0) is 20.0.